The van der Waals surface area contributed by atoms with Gasteiger partial charge in [-0.25, -0.2) is 0 Å². The van der Waals surface area contributed by atoms with Gasteiger partial charge < -0.3 is 5.32 Å². The number of alkyl halides is 1. The average Bonchev–Trinajstić information content (AvgIpc) is 2.20. The van der Waals surface area contributed by atoms with E-state index >= 15 is 0 Å². The van der Waals surface area contributed by atoms with Crippen molar-refractivity contribution in [3.8, 4) is 0 Å². The predicted molar refractivity (Wildman–Crippen MR) is 67.7 cm³/mol. The molecule has 0 amide bonds. The third-order valence-corrected chi connectivity index (χ3v) is 2.89. The van der Waals surface area contributed by atoms with Crippen LogP contribution in [0.15, 0.2) is 18.2 Å². The van der Waals surface area contributed by atoms with Crippen LogP contribution in [-0.4, -0.2) is 12.5 Å². The van der Waals surface area contributed by atoms with E-state index in [9.17, 15) is 0 Å². The number of benzene rings is 1. The van der Waals surface area contributed by atoms with Crippen LogP contribution < -0.4 is 5.32 Å². The van der Waals surface area contributed by atoms with E-state index in [-0.39, 0.29) is 0 Å². The van der Waals surface area contributed by atoms with Crippen molar-refractivity contribution in [1.29, 1.82) is 0 Å². The van der Waals surface area contributed by atoms with Crippen LogP contribution >= 0.6 is 11.6 Å². The summed E-state index contributed by atoms with van der Waals surface area (Å²) in [5.74, 6) is 0.602. The molecule has 0 aromatic heterocycles. The summed E-state index contributed by atoms with van der Waals surface area (Å²) < 4.78 is 0. The van der Waals surface area contributed by atoms with E-state index < -0.39 is 0 Å². The van der Waals surface area contributed by atoms with Crippen molar-refractivity contribution in [2.24, 2.45) is 0 Å². The van der Waals surface area contributed by atoms with Gasteiger partial charge in [0.15, 0.2) is 0 Å². The van der Waals surface area contributed by atoms with Gasteiger partial charge in [0.05, 0.1) is 6.00 Å². The molecule has 15 heavy (non-hydrogen) atoms. The first kappa shape index (κ1) is 12.5. The molecule has 2 heteroatoms. The maximum absolute atomic E-state index is 5.58. The van der Waals surface area contributed by atoms with Gasteiger partial charge in [-0.3, -0.25) is 0 Å². The van der Waals surface area contributed by atoms with Crippen LogP contribution in [0, 0.1) is 6.92 Å². The molecule has 0 bridgehead atoms. The standard InChI is InChI=1S/C13H20ClN/c1-10(2)12-5-4-11(3)13(8-12)6-7-15-9-14/h4-5,8,10,15H,6-7,9H2,1-3H3. The van der Waals surface area contributed by atoms with Gasteiger partial charge in [0, 0.05) is 6.54 Å². The zero-order valence-electron chi connectivity index (χ0n) is 9.81. The van der Waals surface area contributed by atoms with Crippen molar-refractivity contribution in [2.75, 3.05) is 12.5 Å². The highest BCUT2D eigenvalue weighted by Crippen LogP contribution is 2.18. The maximum atomic E-state index is 5.58. The first-order valence-corrected chi connectivity index (χ1v) is 6.04. The first-order valence-electron chi connectivity index (χ1n) is 5.51. The summed E-state index contributed by atoms with van der Waals surface area (Å²) in [6, 6.07) is 7.28. The van der Waals surface area contributed by atoms with Gasteiger partial charge >= 0.3 is 0 Å². The molecule has 0 fully saturated rings. The summed E-state index contributed by atoms with van der Waals surface area (Å²) in [4.78, 5) is 0. The molecule has 1 aromatic rings. The molecule has 0 heterocycles. The van der Waals surface area contributed by atoms with Crippen LogP contribution in [0.2, 0.25) is 0 Å². The quantitative estimate of drug-likeness (QED) is 0.460. The molecule has 1 nitrogen and oxygen atoms in total. The molecule has 1 aromatic carbocycles. The maximum Gasteiger partial charge on any atom is 0.0713 e. The van der Waals surface area contributed by atoms with E-state index in [0.717, 1.165) is 13.0 Å². The summed E-state index contributed by atoms with van der Waals surface area (Å²) in [6.45, 7) is 7.57. The number of rotatable bonds is 5. The molecule has 0 saturated carbocycles. The van der Waals surface area contributed by atoms with Gasteiger partial charge in [0.2, 0.25) is 0 Å². The molecule has 0 aliphatic heterocycles. The third kappa shape index (κ3) is 3.84. The molecule has 1 rings (SSSR count). The highest BCUT2D eigenvalue weighted by Gasteiger charge is 2.03. The smallest absolute Gasteiger partial charge is 0.0713 e. The van der Waals surface area contributed by atoms with Gasteiger partial charge in [0.25, 0.3) is 0 Å². The Morgan fingerprint density at radius 2 is 2.07 bits per heavy atom. The minimum atomic E-state index is 0.531. The number of aryl methyl sites for hydroxylation is 1. The Kier molecular flexibility index (Phi) is 5.13. The van der Waals surface area contributed by atoms with Gasteiger partial charge in [-0.2, -0.15) is 0 Å². The summed E-state index contributed by atoms with van der Waals surface area (Å²) in [5.41, 5.74) is 4.22. The van der Waals surface area contributed by atoms with E-state index in [1.807, 2.05) is 0 Å². The molecule has 0 aliphatic carbocycles. The van der Waals surface area contributed by atoms with Gasteiger partial charge in [0.1, 0.15) is 0 Å². The number of nitrogens with one attached hydrogen (secondary N) is 1. The average molecular weight is 226 g/mol. The minimum absolute atomic E-state index is 0.531. The van der Waals surface area contributed by atoms with Gasteiger partial charge in [-0.1, -0.05) is 32.0 Å². The van der Waals surface area contributed by atoms with Crippen LogP contribution in [0.3, 0.4) is 0 Å². The Balaban J connectivity index is 2.72. The lowest BCUT2D eigenvalue weighted by Crippen LogP contribution is -2.15. The zero-order valence-corrected chi connectivity index (χ0v) is 10.6. The number of hydrogen-bond acceptors (Lipinski definition) is 1. The molecule has 0 aliphatic rings. The molecule has 1 N–H and O–H groups in total. The van der Waals surface area contributed by atoms with Crippen LogP contribution in [0.5, 0.6) is 0 Å². The molecule has 84 valence electrons. The topological polar surface area (TPSA) is 12.0 Å². The van der Waals surface area contributed by atoms with Crippen molar-refractivity contribution >= 4 is 11.6 Å². The van der Waals surface area contributed by atoms with Crippen LogP contribution in [0.4, 0.5) is 0 Å². The summed E-state index contributed by atoms with van der Waals surface area (Å²) in [5, 5.41) is 3.14. The second kappa shape index (κ2) is 6.14. The summed E-state index contributed by atoms with van der Waals surface area (Å²) >= 11 is 5.58. The number of halogens is 1. The molecular formula is C13H20ClN. The van der Waals surface area contributed by atoms with Crippen molar-refractivity contribution in [3.63, 3.8) is 0 Å². The van der Waals surface area contributed by atoms with Crippen molar-refractivity contribution in [1.82, 2.24) is 5.32 Å². The Hall–Kier alpha value is -0.530. The Labute approximate surface area is 97.8 Å². The van der Waals surface area contributed by atoms with Gasteiger partial charge in [-0.15, -0.1) is 11.6 Å². The first-order chi connectivity index (χ1) is 7.15. The Bertz CT molecular complexity index is 307. The molecule has 0 spiro atoms. The lowest BCUT2D eigenvalue weighted by Gasteiger charge is -2.11. The largest absolute Gasteiger partial charge is 0.304 e. The molecule has 0 saturated heterocycles. The highest BCUT2D eigenvalue weighted by atomic mass is 35.5. The normalized spacial score (nSPS) is 11.0. The van der Waals surface area contributed by atoms with E-state index in [1.54, 1.807) is 0 Å². The van der Waals surface area contributed by atoms with Crippen molar-refractivity contribution in [3.05, 3.63) is 34.9 Å². The minimum Gasteiger partial charge on any atom is -0.304 e. The van der Waals surface area contributed by atoms with Crippen LogP contribution in [0.1, 0.15) is 36.5 Å². The van der Waals surface area contributed by atoms with Crippen molar-refractivity contribution in [2.45, 2.75) is 33.1 Å². The van der Waals surface area contributed by atoms with E-state index in [2.05, 4.69) is 44.3 Å². The number of hydrogen-bond donors (Lipinski definition) is 1. The zero-order chi connectivity index (χ0) is 11.3. The lowest BCUT2D eigenvalue weighted by atomic mass is 9.96. The monoisotopic (exact) mass is 225 g/mol. The fourth-order valence-corrected chi connectivity index (χ4v) is 1.74. The molecule has 0 radical (unpaired) electrons. The predicted octanol–water partition coefficient (Wildman–Crippen LogP) is 3.45. The lowest BCUT2D eigenvalue weighted by molar-refractivity contribution is 0.764. The fraction of sp³-hybridized carbons (Fsp3) is 0.538. The Morgan fingerprint density at radius 1 is 1.33 bits per heavy atom. The fourth-order valence-electron chi connectivity index (χ4n) is 1.61. The van der Waals surface area contributed by atoms with Crippen LogP contribution in [0.25, 0.3) is 0 Å². The van der Waals surface area contributed by atoms with E-state index in [4.69, 9.17) is 11.6 Å². The highest BCUT2D eigenvalue weighted by molar-refractivity contribution is 6.17. The van der Waals surface area contributed by atoms with E-state index in [1.165, 1.54) is 16.7 Å². The molecule has 0 unspecified atom stereocenters. The van der Waals surface area contributed by atoms with Gasteiger partial charge in [-0.05, 0) is 36.0 Å². The summed E-state index contributed by atoms with van der Waals surface area (Å²) in [7, 11) is 0. The third-order valence-electron chi connectivity index (χ3n) is 2.71. The molecule has 0 atom stereocenters. The SMILES string of the molecule is Cc1ccc(C(C)C)cc1CCNCCl. The second-order valence-electron chi connectivity index (χ2n) is 4.22. The van der Waals surface area contributed by atoms with Crippen LogP contribution in [-0.2, 0) is 6.42 Å². The van der Waals surface area contributed by atoms with E-state index in [0.29, 0.717) is 11.9 Å². The second-order valence-corrected chi connectivity index (χ2v) is 4.49. The van der Waals surface area contributed by atoms with Crippen molar-refractivity contribution < 1.29 is 0 Å². The Morgan fingerprint density at radius 3 is 2.67 bits per heavy atom. The summed E-state index contributed by atoms with van der Waals surface area (Å²) in [6.07, 6.45) is 1.05. The molecular weight excluding hydrogens is 206 g/mol.